The van der Waals surface area contributed by atoms with Gasteiger partial charge in [-0.2, -0.15) is 0 Å². The Bertz CT molecular complexity index is 668. The van der Waals surface area contributed by atoms with Gasteiger partial charge in [0.1, 0.15) is 17.5 Å². The number of nitrogens with zero attached hydrogens (tertiary/aromatic N) is 2. The Morgan fingerprint density at radius 2 is 1.86 bits per heavy atom. The van der Waals surface area contributed by atoms with Crippen molar-refractivity contribution in [2.45, 2.75) is 70.2 Å². The molecule has 3 N–H and O–H groups in total. The third-order valence-corrected chi connectivity index (χ3v) is 5.27. The number of piperidine rings is 2. The van der Waals surface area contributed by atoms with Gasteiger partial charge in [0.2, 0.25) is 0 Å². The van der Waals surface area contributed by atoms with E-state index in [0.29, 0.717) is 44.7 Å². The molecule has 29 heavy (non-hydrogen) atoms. The number of carbonyl (C=O) groups excluding carboxylic acids is 3. The van der Waals surface area contributed by atoms with Crippen LogP contribution in [0.1, 0.15) is 46.5 Å². The van der Waals surface area contributed by atoms with Crippen molar-refractivity contribution in [2.24, 2.45) is 0 Å². The SMILES string of the molecule is C=C(NC(=O)OC(C)(C)C)N1CCC(ONC(=O)[C@@H]2CCC3CN2C(=O)N3)CC1. The van der Waals surface area contributed by atoms with Gasteiger partial charge in [-0.25, -0.2) is 15.1 Å². The van der Waals surface area contributed by atoms with Crippen LogP contribution in [0.15, 0.2) is 12.4 Å². The molecule has 0 aliphatic carbocycles. The van der Waals surface area contributed by atoms with Gasteiger partial charge in [0.15, 0.2) is 0 Å². The molecule has 10 heteroatoms. The molecule has 2 atom stereocenters. The van der Waals surface area contributed by atoms with E-state index in [1.165, 1.54) is 0 Å². The first-order valence-electron chi connectivity index (χ1n) is 10.1. The average molecular weight is 409 g/mol. The maximum absolute atomic E-state index is 12.4. The van der Waals surface area contributed by atoms with E-state index in [9.17, 15) is 14.4 Å². The Balaban J connectivity index is 1.37. The maximum atomic E-state index is 12.4. The highest BCUT2D eigenvalue weighted by Gasteiger charge is 2.42. The second kappa shape index (κ2) is 8.48. The van der Waals surface area contributed by atoms with Gasteiger partial charge < -0.3 is 19.9 Å². The smallest absolute Gasteiger partial charge is 0.413 e. The lowest BCUT2D eigenvalue weighted by molar-refractivity contribution is -0.145. The molecular weight excluding hydrogens is 378 g/mol. The predicted octanol–water partition coefficient (Wildman–Crippen LogP) is 1.05. The van der Waals surface area contributed by atoms with E-state index in [-0.39, 0.29) is 24.1 Å². The van der Waals surface area contributed by atoms with Crippen molar-refractivity contribution < 1.29 is 24.0 Å². The number of rotatable bonds is 5. The second-order valence-electron chi connectivity index (χ2n) is 8.74. The summed E-state index contributed by atoms with van der Waals surface area (Å²) in [5.74, 6) is 0.206. The normalized spacial score (nSPS) is 24.7. The van der Waals surface area contributed by atoms with Crippen LogP contribution in [-0.4, -0.2) is 71.3 Å². The lowest BCUT2D eigenvalue weighted by atomic mass is 10.0. The summed E-state index contributed by atoms with van der Waals surface area (Å²) in [5, 5.41) is 5.51. The van der Waals surface area contributed by atoms with Gasteiger partial charge in [0, 0.05) is 25.7 Å². The average Bonchev–Trinajstić information content (AvgIpc) is 2.92. The molecule has 3 fully saturated rings. The van der Waals surface area contributed by atoms with Crippen LogP contribution in [0, 0.1) is 0 Å². The van der Waals surface area contributed by atoms with Crippen LogP contribution in [-0.2, 0) is 14.4 Å². The summed E-state index contributed by atoms with van der Waals surface area (Å²) in [6.45, 7) is 11.1. The highest BCUT2D eigenvalue weighted by Crippen LogP contribution is 2.23. The number of likely N-dealkylation sites (tertiary alicyclic amines) is 1. The summed E-state index contributed by atoms with van der Waals surface area (Å²) in [4.78, 5) is 45.3. The third-order valence-electron chi connectivity index (χ3n) is 5.27. The Labute approximate surface area is 170 Å². The van der Waals surface area contributed by atoms with Crippen LogP contribution in [0.5, 0.6) is 0 Å². The molecule has 0 aromatic rings. The Hall–Kier alpha value is -2.49. The molecular formula is C19H31N5O5. The first kappa shape index (κ1) is 21.2. The minimum absolute atomic E-state index is 0.131. The molecule has 2 bridgehead atoms. The van der Waals surface area contributed by atoms with Crippen molar-refractivity contribution in [2.75, 3.05) is 19.6 Å². The van der Waals surface area contributed by atoms with Crippen LogP contribution in [0.3, 0.4) is 0 Å². The van der Waals surface area contributed by atoms with E-state index in [2.05, 4.69) is 22.7 Å². The highest BCUT2D eigenvalue weighted by molar-refractivity contribution is 5.88. The zero-order valence-electron chi connectivity index (χ0n) is 17.3. The molecule has 162 valence electrons. The fourth-order valence-electron chi connectivity index (χ4n) is 3.80. The molecule has 3 rings (SSSR count). The molecule has 1 unspecified atom stereocenters. The van der Waals surface area contributed by atoms with Gasteiger partial charge in [0.25, 0.3) is 5.91 Å². The van der Waals surface area contributed by atoms with Crippen molar-refractivity contribution in [3.63, 3.8) is 0 Å². The van der Waals surface area contributed by atoms with Crippen molar-refractivity contribution in [1.29, 1.82) is 0 Å². The zero-order valence-corrected chi connectivity index (χ0v) is 17.3. The first-order chi connectivity index (χ1) is 13.6. The summed E-state index contributed by atoms with van der Waals surface area (Å²) >= 11 is 0. The van der Waals surface area contributed by atoms with E-state index in [4.69, 9.17) is 9.57 Å². The fraction of sp³-hybridized carbons (Fsp3) is 0.737. The van der Waals surface area contributed by atoms with Gasteiger partial charge in [0.05, 0.1) is 6.10 Å². The minimum atomic E-state index is -0.571. The maximum Gasteiger partial charge on any atom is 0.413 e. The van der Waals surface area contributed by atoms with Crippen LogP contribution in [0.4, 0.5) is 9.59 Å². The van der Waals surface area contributed by atoms with Gasteiger partial charge >= 0.3 is 12.1 Å². The number of hydroxylamine groups is 1. The number of ether oxygens (including phenoxy) is 1. The molecule has 0 aromatic carbocycles. The predicted molar refractivity (Wildman–Crippen MR) is 104 cm³/mol. The van der Waals surface area contributed by atoms with E-state index in [0.717, 1.165) is 6.42 Å². The van der Waals surface area contributed by atoms with E-state index >= 15 is 0 Å². The molecule has 3 aliphatic rings. The molecule has 0 spiro atoms. The van der Waals surface area contributed by atoms with E-state index < -0.39 is 17.7 Å². The Morgan fingerprint density at radius 1 is 1.17 bits per heavy atom. The Morgan fingerprint density at radius 3 is 2.52 bits per heavy atom. The molecule has 0 radical (unpaired) electrons. The van der Waals surface area contributed by atoms with Gasteiger partial charge in [-0.1, -0.05) is 6.58 Å². The number of hydrogen-bond donors (Lipinski definition) is 3. The lowest BCUT2D eigenvalue weighted by Crippen LogP contribution is -2.51. The topological polar surface area (TPSA) is 112 Å². The molecule has 4 amide bonds. The highest BCUT2D eigenvalue weighted by atomic mass is 16.7. The lowest BCUT2D eigenvalue weighted by Gasteiger charge is -2.35. The van der Waals surface area contributed by atoms with Gasteiger partial charge in [-0.3, -0.25) is 14.9 Å². The van der Waals surface area contributed by atoms with E-state index in [1.807, 2.05) is 4.90 Å². The second-order valence-corrected chi connectivity index (χ2v) is 8.74. The van der Waals surface area contributed by atoms with E-state index in [1.54, 1.807) is 25.7 Å². The molecule has 3 aliphatic heterocycles. The minimum Gasteiger partial charge on any atom is -0.444 e. The van der Waals surface area contributed by atoms with Gasteiger partial charge in [-0.05, 0) is 46.5 Å². The quantitative estimate of drug-likeness (QED) is 0.585. The van der Waals surface area contributed by atoms with Crippen LogP contribution < -0.4 is 16.1 Å². The number of fused-ring (bicyclic) bond motifs is 2. The third kappa shape index (κ3) is 5.53. The first-order valence-corrected chi connectivity index (χ1v) is 10.1. The molecule has 3 heterocycles. The molecule has 10 nitrogen and oxygen atoms in total. The van der Waals surface area contributed by atoms with Crippen molar-refractivity contribution >= 4 is 18.0 Å². The molecule has 3 saturated heterocycles. The summed E-state index contributed by atoms with van der Waals surface area (Å²) in [5.41, 5.74) is 1.97. The van der Waals surface area contributed by atoms with Gasteiger partial charge in [-0.15, -0.1) is 0 Å². The summed E-state index contributed by atoms with van der Waals surface area (Å²) in [6, 6.07) is -0.511. The number of amides is 4. The van der Waals surface area contributed by atoms with Crippen molar-refractivity contribution in [1.82, 2.24) is 25.9 Å². The van der Waals surface area contributed by atoms with Crippen LogP contribution in [0.2, 0.25) is 0 Å². The molecule has 0 aromatic heterocycles. The van der Waals surface area contributed by atoms with Crippen LogP contribution in [0.25, 0.3) is 0 Å². The number of carbonyl (C=O) groups is 3. The number of urea groups is 1. The zero-order chi connectivity index (χ0) is 21.2. The summed E-state index contributed by atoms with van der Waals surface area (Å²) in [6.07, 6.45) is 2.11. The van der Waals surface area contributed by atoms with Crippen molar-refractivity contribution in [3.05, 3.63) is 12.4 Å². The summed E-state index contributed by atoms with van der Waals surface area (Å²) < 4.78 is 5.23. The number of hydrogen-bond acceptors (Lipinski definition) is 6. The monoisotopic (exact) mass is 409 g/mol. The number of alkyl carbamates (subject to hydrolysis) is 1. The summed E-state index contributed by atoms with van der Waals surface area (Å²) in [7, 11) is 0. The number of nitrogens with one attached hydrogen (secondary N) is 3. The molecule has 0 saturated carbocycles. The van der Waals surface area contributed by atoms with Crippen LogP contribution >= 0.6 is 0 Å². The van der Waals surface area contributed by atoms with Crippen molar-refractivity contribution in [3.8, 4) is 0 Å². The Kier molecular flexibility index (Phi) is 6.21. The standard InChI is InChI=1S/C19H31N5O5/c1-12(20-18(27)28-19(2,3)4)23-9-7-14(8-10-23)29-22-16(25)15-6-5-13-11-24(15)17(26)21-13/h13-15H,1,5-11H2,2-4H3,(H,20,27)(H,21,26)(H,22,25)/t13?,15-/m0/s1. The fourth-order valence-corrected chi connectivity index (χ4v) is 3.80. The largest absolute Gasteiger partial charge is 0.444 e.